The molecule has 0 aromatic rings. The molecule has 0 aliphatic heterocycles. The van der Waals surface area contributed by atoms with Gasteiger partial charge < -0.3 is 15.5 Å². The number of hydrogen-bond donors (Lipinski definition) is 3. The number of aliphatic hydroxyl groups is 2. The van der Waals surface area contributed by atoms with Gasteiger partial charge in [-0.25, -0.2) is 0 Å². The molecule has 3 N–H and O–H groups in total. The van der Waals surface area contributed by atoms with Gasteiger partial charge in [-0.2, -0.15) is 0 Å². The third kappa shape index (κ3) is 41.6. The van der Waals surface area contributed by atoms with E-state index in [1.165, 1.54) is 193 Å². The minimum Gasteiger partial charge on any atom is -0.394 e. The molecule has 0 aliphatic rings. The quantitative estimate of drug-likeness (QED) is 0.0430. The van der Waals surface area contributed by atoms with Crippen molar-refractivity contribution >= 4 is 5.91 Å². The van der Waals surface area contributed by atoms with E-state index in [9.17, 15) is 15.0 Å². The molecule has 0 spiro atoms. The highest BCUT2D eigenvalue weighted by Crippen LogP contribution is 2.16. The lowest BCUT2D eigenvalue weighted by Crippen LogP contribution is -2.45. The summed E-state index contributed by atoms with van der Waals surface area (Å²) in [7, 11) is 0. The molecule has 0 radical (unpaired) electrons. The van der Waals surface area contributed by atoms with Gasteiger partial charge in [0.15, 0.2) is 0 Å². The van der Waals surface area contributed by atoms with Crippen molar-refractivity contribution in [2.45, 2.75) is 264 Å². The van der Waals surface area contributed by atoms with E-state index in [-0.39, 0.29) is 12.5 Å². The van der Waals surface area contributed by atoms with Crippen molar-refractivity contribution in [3.63, 3.8) is 0 Å². The summed E-state index contributed by atoms with van der Waals surface area (Å²) in [5.41, 5.74) is 0. The first-order valence-electron chi connectivity index (χ1n) is 23.7. The van der Waals surface area contributed by atoms with Gasteiger partial charge in [0, 0.05) is 6.42 Å². The van der Waals surface area contributed by atoms with Gasteiger partial charge in [0.05, 0.1) is 18.8 Å². The Balaban J connectivity index is 3.60. The molecule has 0 saturated carbocycles. The maximum Gasteiger partial charge on any atom is 0.220 e. The Bertz CT molecular complexity index is 806. The first kappa shape index (κ1) is 51.6. The molecule has 2 unspecified atom stereocenters. The highest BCUT2D eigenvalue weighted by Gasteiger charge is 2.17. The molecule has 0 bridgehead atoms. The molecule has 312 valence electrons. The van der Waals surface area contributed by atoms with Crippen LogP contribution in [0, 0.1) is 0 Å². The van der Waals surface area contributed by atoms with Crippen molar-refractivity contribution in [1.29, 1.82) is 0 Å². The summed E-state index contributed by atoms with van der Waals surface area (Å²) in [6.45, 7) is 4.31. The number of hydrogen-bond acceptors (Lipinski definition) is 3. The molecular weight excluding hydrogens is 651 g/mol. The van der Waals surface area contributed by atoms with Crippen LogP contribution in [0.4, 0.5) is 0 Å². The second-order valence-corrected chi connectivity index (χ2v) is 16.2. The van der Waals surface area contributed by atoms with Crippen LogP contribution < -0.4 is 5.32 Å². The highest BCUT2D eigenvalue weighted by molar-refractivity contribution is 5.76. The molecule has 4 nitrogen and oxygen atoms in total. The smallest absolute Gasteiger partial charge is 0.220 e. The molecule has 4 heteroatoms. The van der Waals surface area contributed by atoms with Gasteiger partial charge in [-0.3, -0.25) is 4.79 Å². The highest BCUT2D eigenvalue weighted by atomic mass is 16.3. The summed E-state index contributed by atoms with van der Waals surface area (Å²) in [4.78, 5) is 12.4. The van der Waals surface area contributed by atoms with Crippen molar-refractivity contribution in [3.05, 3.63) is 36.5 Å². The topological polar surface area (TPSA) is 69.6 Å². The average molecular weight is 744 g/mol. The van der Waals surface area contributed by atoms with Crippen LogP contribution in [0.1, 0.15) is 251 Å². The first-order chi connectivity index (χ1) is 26.2. The summed E-state index contributed by atoms with van der Waals surface area (Å²) in [6.07, 6.45) is 59.8. The van der Waals surface area contributed by atoms with E-state index < -0.39 is 12.1 Å². The fraction of sp³-hybridized carbons (Fsp3) is 0.857. The van der Waals surface area contributed by atoms with Crippen LogP contribution in [0.25, 0.3) is 0 Å². The molecule has 53 heavy (non-hydrogen) atoms. The standard InChI is InChI=1S/C49H93NO3/c1-3-5-7-9-11-13-15-17-19-21-22-23-24-25-26-27-29-30-32-34-36-38-40-42-44-48(52)47(46-51)50-49(53)45-43-41-39-37-35-33-31-28-20-18-16-14-12-10-8-6-4-2/h27,29,34,36,42,44,47-48,51-52H,3-26,28,30-33,35,37-41,43,45-46H2,1-2H3,(H,50,53)/b29-27+,36-34+,44-42+. The summed E-state index contributed by atoms with van der Waals surface area (Å²) in [5, 5.41) is 23.0. The van der Waals surface area contributed by atoms with E-state index in [0.717, 1.165) is 38.5 Å². The molecule has 0 aromatic carbocycles. The Morgan fingerprint density at radius 1 is 0.434 bits per heavy atom. The third-order valence-corrected chi connectivity index (χ3v) is 10.9. The van der Waals surface area contributed by atoms with Crippen molar-refractivity contribution in [3.8, 4) is 0 Å². The molecule has 0 rings (SSSR count). The van der Waals surface area contributed by atoms with E-state index in [1.807, 2.05) is 6.08 Å². The summed E-state index contributed by atoms with van der Waals surface area (Å²) < 4.78 is 0. The fourth-order valence-corrected chi connectivity index (χ4v) is 7.21. The number of carbonyl (C=O) groups is 1. The van der Waals surface area contributed by atoms with Crippen LogP contribution in [-0.4, -0.2) is 34.9 Å². The SMILES string of the molecule is CCCCCCCCCCCCCCCC/C=C/CC/C=C/CC/C=C/C(O)C(CO)NC(=O)CCCCCCCCCCCCCCCCCCC. The minimum absolute atomic E-state index is 0.0750. The number of carbonyl (C=O) groups excluding carboxylic acids is 1. The number of rotatable bonds is 43. The van der Waals surface area contributed by atoms with Gasteiger partial charge in [0.25, 0.3) is 0 Å². The molecule has 0 aliphatic carbocycles. The van der Waals surface area contributed by atoms with Crippen molar-refractivity contribution in [2.75, 3.05) is 6.61 Å². The van der Waals surface area contributed by atoms with Crippen molar-refractivity contribution in [1.82, 2.24) is 5.32 Å². The number of aliphatic hydroxyl groups excluding tert-OH is 2. The predicted molar refractivity (Wildman–Crippen MR) is 235 cm³/mol. The van der Waals surface area contributed by atoms with Crippen LogP contribution in [0.15, 0.2) is 36.5 Å². The lowest BCUT2D eigenvalue weighted by molar-refractivity contribution is -0.123. The molecule has 1 amide bonds. The fourth-order valence-electron chi connectivity index (χ4n) is 7.21. The lowest BCUT2D eigenvalue weighted by Gasteiger charge is -2.19. The molecule has 0 aromatic heterocycles. The number of amides is 1. The normalized spacial score (nSPS) is 13.2. The van der Waals surface area contributed by atoms with Gasteiger partial charge in [-0.1, -0.05) is 237 Å². The summed E-state index contributed by atoms with van der Waals surface area (Å²) in [5.74, 6) is -0.0750. The predicted octanol–water partition coefficient (Wildman–Crippen LogP) is 15.0. The van der Waals surface area contributed by atoms with E-state index in [2.05, 4.69) is 43.5 Å². The zero-order valence-electron chi connectivity index (χ0n) is 35.8. The Hall–Kier alpha value is -1.39. The zero-order chi connectivity index (χ0) is 38.6. The van der Waals surface area contributed by atoms with Crippen molar-refractivity contribution in [2.24, 2.45) is 0 Å². The maximum absolute atomic E-state index is 12.4. The van der Waals surface area contributed by atoms with E-state index in [4.69, 9.17) is 0 Å². The Labute approximate surface area is 331 Å². The van der Waals surface area contributed by atoms with Crippen LogP contribution in [0.3, 0.4) is 0 Å². The molecule has 0 fully saturated rings. The summed E-state index contributed by atoms with van der Waals surface area (Å²) >= 11 is 0. The van der Waals surface area contributed by atoms with E-state index in [1.54, 1.807) is 6.08 Å². The Morgan fingerprint density at radius 3 is 1.09 bits per heavy atom. The first-order valence-corrected chi connectivity index (χ1v) is 23.7. The van der Waals surface area contributed by atoms with E-state index >= 15 is 0 Å². The maximum atomic E-state index is 12.4. The monoisotopic (exact) mass is 744 g/mol. The van der Waals surface area contributed by atoms with Gasteiger partial charge in [-0.15, -0.1) is 0 Å². The number of unbranched alkanes of at least 4 members (excludes halogenated alkanes) is 32. The van der Waals surface area contributed by atoms with Crippen molar-refractivity contribution < 1.29 is 15.0 Å². The molecule has 0 heterocycles. The third-order valence-electron chi connectivity index (χ3n) is 10.9. The van der Waals surface area contributed by atoms with Crippen LogP contribution in [0.5, 0.6) is 0 Å². The van der Waals surface area contributed by atoms with Gasteiger partial charge in [-0.05, 0) is 44.9 Å². The van der Waals surface area contributed by atoms with Crippen LogP contribution in [-0.2, 0) is 4.79 Å². The Morgan fingerprint density at radius 2 is 0.736 bits per heavy atom. The van der Waals surface area contributed by atoms with Gasteiger partial charge in [0.1, 0.15) is 0 Å². The second kappa shape index (κ2) is 45.0. The number of allylic oxidation sites excluding steroid dienone is 5. The lowest BCUT2D eigenvalue weighted by atomic mass is 10.0. The van der Waals surface area contributed by atoms with Gasteiger partial charge in [0.2, 0.25) is 5.91 Å². The average Bonchev–Trinajstić information content (AvgIpc) is 3.16. The minimum atomic E-state index is -0.867. The van der Waals surface area contributed by atoms with Gasteiger partial charge >= 0.3 is 0 Å². The molecular formula is C49H93NO3. The largest absolute Gasteiger partial charge is 0.394 e. The van der Waals surface area contributed by atoms with Crippen LogP contribution >= 0.6 is 0 Å². The Kier molecular flexibility index (Phi) is 43.8. The molecule has 0 saturated heterocycles. The molecule has 2 atom stereocenters. The number of nitrogens with one attached hydrogen (secondary N) is 1. The van der Waals surface area contributed by atoms with E-state index in [0.29, 0.717) is 6.42 Å². The van der Waals surface area contributed by atoms with Crippen LogP contribution in [0.2, 0.25) is 0 Å². The summed E-state index contributed by atoms with van der Waals surface area (Å²) in [6, 6.07) is -0.642. The zero-order valence-corrected chi connectivity index (χ0v) is 35.8. The second-order valence-electron chi connectivity index (χ2n) is 16.2.